The number of carbonyl (C=O) groups excluding carboxylic acids is 1. The molecule has 0 radical (unpaired) electrons. The van der Waals surface area contributed by atoms with Gasteiger partial charge in [0.25, 0.3) is 5.91 Å². The van der Waals surface area contributed by atoms with Crippen LogP contribution in [0.15, 0.2) is 48.7 Å². The van der Waals surface area contributed by atoms with E-state index in [0.29, 0.717) is 17.1 Å². The second-order valence-electron chi connectivity index (χ2n) is 9.83. The number of nitrogens with one attached hydrogen (secondary N) is 2. The highest BCUT2D eigenvalue weighted by Gasteiger charge is 2.38. The Bertz CT molecular complexity index is 1250. The van der Waals surface area contributed by atoms with E-state index in [1.54, 1.807) is 12.1 Å². The number of hydrogen-bond acceptors (Lipinski definition) is 4. The molecule has 11 heteroatoms. The van der Waals surface area contributed by atoms with Crippen LogP contribution >= 0.6 is 11.6 Å². The van der Waals surface area contributed by atoms with Crippen molar-refractivity contribution in [3.05, 3.63) is 70.4 Å². The lowest BCUT2D eigenvalue weighted by Crippen LogP contribution is -2.42. The van der Waals surface area contributed by atoms with Gasteiger partial charge < -0.3 is 25.4 Å². The van der Waals surface area contributed by atoms with E-state index in [-0.39, 0.29) is 24.0 Å². The predicted molar refractivity (Wildman–Crippen MR) is 146 cm³/mol. The van der Waals surface area contributed by atoms with E-state index < -0.39 is 18.2 Å². The third kappa shape index (κ3) is 8.98. The number of carboxylic acids is 1. The van der Waals surface area contributed by atoms with E-state index in [1.807, 2.05) is 63.1 Å². The first-order chi connectivity index (χ1) is 18.1. The number of carbonyl (C=O) groups is 2. The molecule has 1 heterocycles. The summed E-state index contributed by atoms with van der Waals surface area (Å²) in [5.74, 6) is -2.71. The summed E-state index contributed by atoms with van der Waals surface area (Å²) in [4.78, 5) is 27.4. The summed E-state index contributed by atoms with van der Waals surface area (Å²) >= 11 is 6.03. The van der Waals surface area contributed by atoms with Crippen LogP contribution in [0.4, 0.5) is 13.2 Å². The second kappa shape index (κ2) is 13.8. The van der Waals surface area contributed by atoms with Gasteiger partial charge in [-0.05, 0) is 70.4 Å². The SMILES string of the molecule is CC(C)N(C(=O)c1cccc2c(C[C@@H](C)NC[C@H](O)c3cccc(Cl)c3)c[nH]c12)C(C)C.O=C(O)C(F)(F)F. The lowest BCUT2D eigenvalue weighted by atomic mass is 10.0. The molecule has 0 aliphatic heterocycles. The van der Waals surface area contributed by atoms with E-state index in [0.717, 1.165) is 28.5 Å². The summed E-state index contributed by atoms with van der Waals surface area (Å²) in [5.41, 5.74) is 3.53. The molecule has 0 unspecified atom stereocenters. The van der Waals surface area contributed by atoms with Crippen molar-refractivity contribution in [3.63, 3.8) is 0 Å². The molecule has 0 aliphatic carbocycles. The highest BCUT2D eigenvalue weighted by atomic mass is 35.5. The van der Waals surface area contributed by atoms with Crippen molar-refractivity contribution in [2.75, 3.05) is 6.54 Å². The van der Waals surface area contributed by atoms with Crippen LogP contribution in [0.2, 0.25) is 5.02 Å². The molecule has 0 bridgehead atoms. The van der Waals surface area contributed by atoms with Gasteiger partial charge in [-0.1, -0.05) is 35.9 Å². The number of H-pyrrole nitrogens is 1. The Balaban J connectivity index is 0.000000673. The van der Waals surface area contributed by atoms with Crippen LogP contribution in [0.3, 0.4) is 0 Å². The van der Waals surface area contributed by atoms with Crippen molar-refractivity contribution in [2.45, 2.75) is 71.4 Å². The maximum absolute atomic E-state index is 13.3. The molecule has 7 nitrogen and oxygen atoms in total. The molecule has 0 saturated heterocycles. The van der Waals surface area contributed by atoms with Crippen molar-refractivity contribution in [3.8, 4) is 0 Å². The van der Waals surface area contributed by atoms with Crippen LogP contribution < -0.4 is 5.32 Å². The number of nitrogens with zero attached hydrogens (tertiary/aromatic N) is 1. The molecule has 2 aromatic carbocycles. The highest BCUT2D eigenvalue weighted by Crippen LogP contribution is 2.25. The van der Waals surface area contributed by atoms with Gasteiger partial charge in [-0.3, -0.25) is 4.79 Å². The van der Waals surface area contributed by atoms with Gasteiger partial charge in [0.15, 0.2) is 0 Å². The van der Waals surface area contributed by atoms with Gasteiger partial charge in [0, 0.05) is 41.3 Å². The van der Waals surface area contributed by atoms with Crippen molar-refractivity contribution in [1.29, 1.82) is 0 Å². The quantitative estimate of drug-likeness (QED) is 0.254. The number of aromatic amines is 1. The molecule has 0 saturated carbocycles. The van der Waals surface area contributed by atoms with E-state index in [2.05, 4.69) is 23.3 Å². The smallest absolute Gasteiger partial charge is 0.475 e. The van der Waals surface area contributed by atoms with E-state index in [4.69, 9.17) is 21.5 Å². The van der Waals surface area contributed by atoms with Gasteiger partial charge in [0.1, 0.15) is 0 Å². The number of aromatic nitrogens is 1. The fourth-order valence-corrected chi connectivity index (χ4v) is 4.51. The number of alkyl halides is 3. The summed E-state index contributed by atoms with van der Waals surface area (Å²) in [7, 11) is 0. The fraction of sp³-hybridized carbons (Fsp3) is 0.429. The largest absolute Gasteiger partial charge is 0.490 e. The van der Waals surface area contributed by atoms with Gasteiger partial charge in [-0.2, -0.15) is 13.2 Å². The standard InChI is InChI=1S/C26H34ClN3O2.C2HF3O2/c1-16(2)30(17(3)4)26(32)23-11-7-10-22-20(14-29-25(22)23)12-18(5)28-15-24(31)19-8-6-9-21(27)13-19;3-2(4,5)1(6)7/h6-11,13-14,16-18,24,28-29,31H,12,15H2,1-5H3;(H,6,7)/t18-,24+;/m1./s1. The zero-order chi connectivity index (χ0) is 29.5. The maximum atomic E-state index is 13.3. The monoisotopic (exact) mass is 569 g/mol. The molecule has 1 aromatic heterocycles. The van der Waals surface area contributed by atoms with Crippen molar-refractivity contribution < 1.29 is 33.0 Å². The van der Waals surface area contributed by atoms with Gasteiger partial charge in [-0.15, -0.1) is 0 Å². The highest BCUT2D eigenvalue weighted by molar-refractivity contribution is 6.30. The number of aliphatic hydroxyl groups excluding tert-OH is 1. The first-order valence-electron chi connectivity index (χ1n) is 12.5. The van der Waals surface area contributed by atoms with Gasteiger partial charge in [0.2, 0.25) is 0 Å². The molecule has 4 N–H and O–H groups in total. The molecule has 0 aliphatic rings. The molecular formula is C28H35ClF3N3O4. The minimum Gasteiger partial charge on any atom is -0.475 e. The Hall–Kier alpha value is -3.08. The lowest BCUT2D eigenvalue weighted by molar-refractivity contribution is -0.192. The van der Waals surface area contributed by atoms with E-state index >= 15 is 0 Å². The van der Waals surface area contributed by atoms with E-state index in [1.165, 1.54) is 0 Å². The number of hydrogen-bond donors (Lipinski definition) is 4. The Labute approximate surface area is 231 Å². The van der Waals surface area contributed by atoms with Gasteiger partial charge >= 0.3 is 12.1 Å². The van der Waals surface area contributed by atoms with Gasteiger partial charge in [0.05, 0.1) is 17.2 Å². The summed E-state index contributed by atoms with van der Waals surface area (Å²) in [5, 5.41) is 22.7. The fourth-order valence-electron chi connectivity index (χ4n) is 4.31. The Morgan fingerprint density at radius 1 is 1.05 bits per heavy atom. The molecule has 0 fully saturated rings. The Morgan fingerprint density at radius 2 is 1.64 bits per heavy atom. The second-order valence-corrected chi connectivity index (χ2v) is 10.3. The Kier molecular flexibility index (Phi) is 11.4. The van der Waals surface area contributed by atoms with Crippen LogP contribution in [0, 0.1) is 0 Å². The topological polar surface area (TPSA) is 106 Å². The molecular weight excluding hydrogens is 535 g/mol. The summed E-state index contributed by atoms with van der Waals surface area (Å²) in [6.07, 6.45) is -2.94. The normalized spacial score (nSPS) is 13.2. The average molecular weight is 570 g/mol. The molecule has 3 aromatic rings. The summed E-state index contributed by atoms with van der Waals surface area (Å²) in [6, 6.07) is 13.6. The average Bonchev–Trinajstić information content (AvgIpc) is 3.24. The van der Waals surface area contributed by atoms with Crippen molar-refractivity contribution in [2.24, 2.45) is 0 Å². The summed E-state index contributed by atoms with van der Waals surface area (Å²) in [6.45, 7) is 10.7. The predicted octanol–water partition coefficient (Wildman–Crippen LogP) is 5.97. The first kappa shape index (κ1) is 32.1. The first-order valence-corrected chi connectivity index (χ1v) is 12.9. The number of amides is 1. The van der Waals surface area contributed by atoms with Crippen molar-refractivity contribution in [1.82, 2.24) is 15.2 Å². The minimum absolute atomic E-state index is 0.0461. The number of benzene rings is 2. The molecule has 3 rings (SSSR count). The molecule has 2 atom stereocenters. The number of aliphatic carboxylic acids is 1. The number of aliphatic hydroxyl groups is 1. The van der Waals surface area contributed by atoms with Gasteiger partial charge in [-0.25, -0.2) is 4.79 Å². The lowest BCUT2D eigenvalue weighted by Gasteiger charge is -2.31. The Morgan fingerprint density at radius 3 is 2.18 bits per heavy atom. The number of fused-ring (bicyclic) bond motifs is 1. The number of rotatable bonds is 9. The number of carboxylic acid groups (broad SMARTS) is 1. The third-order valence-electron chi connectivity index (χ3n) is 6.04. The van der Waals surface area contributed by atoms with E-state index in [9.17, 15) is 23.1 Å². The van der Waals surface area contributed by atoms with Crippen LogP contribution in [0.25, 0.3) is 10.9 Å². The minimum atomic E-state index is -5.08. The molecule has 214 valence electrons. The number of para-hydroxylation sites is 1. The van der Waals surface area contributed by atoms with Crippen LogP contribution in [-0.2, 0) is 11.2 Å². The third-order valence-corrected chi connectivity index (χ3v) is 6.28. The van der Waals surface area contributed by atoms with Crippen LogP contribution in [-0.4, -0.2) is 62.8 Å². The number of halogens is 4. The maximum Gasteiger partial charge on any atom is 0.490 e. The van der Waals surface area contributed by atoms with Crippen LogP contribution in [0.5, 0.6) is 0 Å². The summed E-state index contributed by atoms with van der Waals surface area (Å²) < 4.78 is 31.7. The molecule has 0 spiro atoms. The zero-order valence-corrected chi connectivity index (χ0v) is 23.3. The zero-order valence-electron chi connectivity index (χ0n) is 22.5. The van der Waals surface area contributed by atoms with Crippen LogP contribution in [0.1, 0.15) is 62.2 Å². The molecule has 1 amide bonds. The molecule has 39 heavy (non-hydrogen) atoms. The van der Waals surface area contributed by atoms with Crippen molar-refractivity contribution >= 4 is 34.4 Å².